The molecule has 0 radical (unpaired) electrons. The molecular weight excluding hydrogens is 434 g/mol. The Balaban J connectivity index is 0.000000186. The number of nitrogens with zero attached hydrogens (tertiary/aromatic N) is 1. The Labute approximate surface area is 197 Å². The summed E-state index contributed by atoms with van der Waals surface area (Å²) in [6.07, 6.45) is 2.37. The fraction of sp³-hybridized carbons (Fsp3) is 0.111. The first kappa shape index (κ1) is 23.4. The maximum atomic E-state index is 12.5. The average molecular weight is 460 g/mol. The molecule has 162 valence electrons. The van der Waals surface area contributed by atoms with Crippen LogP contribution < -0.4 is 0 Å². The first-order chi connectivity index (χ1) is 15.5. The van der Waals surface area contributed by atoms with E-state index in [1.807, 2.05) is 121 Å². The van der Waals surface area contributed by atoms with Gasteiger partial charge in [-0.15, -0.1) is 22.7 Å². The molecule has 0 saturated heterocycles. The normalized spacial score (nSPS) is 10.8. The summed E-state index contributed by atoms with van der Waals surface area (Å²) in [4.78, 5) is 27.7. The van der Waals surface area contributed by atoms with Crippen molar-refractivity contribution in [2.45, 2.75) is 6.42 Å². The van der Waals surface area contributed by atoms with Crippen molar-refractivity contribution in [3.8, 4) is 0 Å². The van der Waals surface area contributed by atoms with Gasteiger partial charge in [0.25, 0.3) is 0 Å². The molecular formula is C27H25NO2S2. The summed E-state index contributed by atoms with van der Waals surface area (Å²) < 4.78 is 0. The number of allylic oxidation sites excluding steroid dienone is 1. The van der Waals surface area contributed by atoms with Gasteiger partial charge in [-0.2, -0.15) is 0 Å². The van der Waals surface area contributed by atoms with Crippen LogP contribution in [-0.4, -0.2) is 30.6 Å². The smallest absolute Gasteiger partial charge is 0.205 e. The van der Waals surface area contributed by atoms with Gasteiger partial charge < -0.3 is 4.90 Å². The lowest BCUT2D eigenvalue weighted by Gasteiger charge is -2.11. The van der Waals surface area contributed by atoms with Crippen molar-refractivity contribution in [1.29, 1.82) is 0 Å². The minimum Gasteiger partial charge on any atom is -0.383 e. The molecule has 0 bridgehead atoms. The van der Waals surface area contributed by atoms with Crippen LogP contribution in [0.15, 0.2) is 102 Å². The first-order valence-corrected chi connectivity index (χ1v) is 11.9. The Morgan fingerprint density at radius 1 is 0.750 bits per heavy atom. The SMILES string of the molecule is CN(C)C=C(C(=O)c1cccs1)c1ccccc1.O=C(Cc1ccccc1)c1cccs1. The monoisotopic (exact) mass is 459 g/mol. The fourth-order valence-corrected chi connectivity index (χ4v) is 4.33. The van der Waals surface area contributed by atoms with Crippen LogP contribution in [0.5, 0.6) is 0 Å². The molecule has 32 heavy (non-hydrogen) atoms. The molecule has 0 fully saturated rings. The van der Waals surface area contributed by atoms with E-state index >= 15 is 0 Å². The van der Waals surface area contributed by atoms with E-state index in [9.17, 15) is 9.59 Å². The van der Waals surface area contributed by atoms with Crippen molar-refractivity contribution in [1.82, 2.24) is 4.90 Å². The van der Waals surface area contributed by atoms with Crippen molar-refractivity contribution < 1.29 is 9.59 Å². The Bertz CT molecular complexity index is 1130. The molecule has 2 heterocycles. The van der Waals surface area contributed by atoms with Crippen LogP contribution in [0.25, 0.3) is 5.57 Å². The lowest BCUT2D eigenvalue weighted by atomic mass is 10.0. The Kier molecular flexibility index (Phi) is 8.72. The van der Waals surface area contributed by atoms with Crippen LogP contribution in [0.1, 0.15) is 30.5 Å². The summed E-state index contributed by atoms with van der Waals surface area (Å²) in [7, 11) is 3.84. The zero-order valence-corrected chi connectivity index (χ0v) is 19.7. The van der Waals surface area contributed by atoms with Crippen molar-refractivity contribution in [2.75, 3.05) is 14.1 Å². The van der Waals surface area contributed by atoms with Gasteiger partial charge >= 0.3 is 0 Å². The Morgan fingerprint density at radius 3 is 1.84 bits per heavy atom. The molecule has 2 aromatic carbocycles. The van der Waals surface area contributed by atoms with Gasteiger partial charge in [-0.25, -0.2) is 0 Å². The van der Waals surface area contributed by atoms with Crippen LogP contribution in [-0.2, 0) is 6.42 Å². The number of rotatable bonds is 7. The fourth-order valence-electron chi connectivity index (χ4n) is 2.99. The van der Waals surface area contributed by atoms with Crippen LogP contribution in [0, 0.1) is 0 Å². The second-order valence-electron chi connectivity index (χ2n) is 7.24. The van der Waals surface area contributed by atoms with Crippen molar-refractivity contribution >= 4 is 39.8 Å². The van der Waals surface area contributed by atoms with Gasteiger partial charge in [0, 0.05) is 32.3 Å². The molecule has 0 aliphatic heterocycles. The first-order valence-electron chi connectivity index (χ1n) is 10.2. The molecule has 0 aliphatic rings. The molecule has 0 atom stereocenters. The minimum atomic E-state index is 0.0740. The van der Waals surface area contributed by atoms with Gasteiger partial charge in [0.05, 0.1) is 9.75 Å². The third-order valence-corrected chi connectivity index (χ3v) is 6.24. The standard InChI is InChI=1S/C15H15NOS.C12H10OS/c1-16(2)11-13(12-7-4-3-5-8-12)15(17)14-9-6-10-18-14;13-11(12-7-4-8-14-12)9-10-5-2-1-3-6-10/h3-11H,1-2H3;1-8H,9H2. The van der Waals surface area contributed by atoms with E-state index in [1.165, 1.54) is 22.7 Å². The third-order valence-electron chi connectivity index (χ3n) is 4.47. The molecule has 4 aromatic rings. The third kappa shape index (κ3) is 6.87. The number of thiophene rings is 2. The lowest BCUT2D eigenvalue weighted by molar-refractivity contribution is 0.0995. The number of carbonyl (C=O) groups is 2. The number of hydrogen-bond acceptors (Lipinski definition) is 5. The number of Topliss-reactive ketones (excluding diaryl/α,β-unsaturated/α-hetero) is 2. The van der Waals surface area contributed by atoms with Gasteiger partial charge in [-0.1, -0.05) is 72.8 Å². The van der Waals surface area contributed by atoms with E-state index < -0.39 is 0 Å². The highest BCUT2D eigenvalue weighted by Crippen LogP contribution is 2.22. The molecule has 0 amide bonds. The van der Waals surface area contributed by atoms with E-state index in [0.29, 0.717) is 6.42 Å². The van der Waals surface area contributed by atoms with E-state index in [4.69, 9.17) is 0 Å². The van der Waals surface area contributed by atoms with Crippen molar-refractivity contribution in [2.24, 2.45) is 0 Å². The molecule has 4 rings (SSSR count). The highest BCUT2D eigenvalue weighted by atomic mass is 32.1. The van der Waals surface area contributed by atoms with Gasteiger partial charge in [0.1, 0.15) is 0 Å². The van der Waals surface area contributed by atoms with E-state index in [2.05, 4.69) is 0 Å². The van der Waals surface area contributed by atoms with Crippen LogP contribution in [0.2, 0.25) is 0 Å². The summed E-state index contributed by atoms with van der Waals surface area (Å²) in [6.45, 7) is 0. The average Bonchev–Trinajstić information content (AvgIpc) is 3.53. The van der Waals surface area contributed by atoms with E-state index in [0.717, 1.165) is 26.5 Å². The molecule has 0 aliphatic carbocycles. The molecule has 0 saturated carbocycles. The van der Waals surface area contributed by atoms with E-state index in [1.54, 1.807) is 0 Å². The minimum absolute atomic E-state index is 0.0740. The van der Waals surface area contributed by atoms with Crippen LogP contribution in [0.3, 0.4) is 0 Å². The molecule has 2 aromatic heterocycles. The Morgan fingerprint density at radius 2 is 1.31 bits per heavy atom. The van der Waals surface area contributed by atoms with Gasteiger partial charge in [0.2, 0.25) is 5.78 Å². The number of benzene rings is 2. The van der Waals surface area contributed by atoms with Gasteiger partial charge in [0.15, 0.2) is 5.78 Å². The summed E-state index contributed by atoms with van der Waals surface area (Å²) in [6, 6.07) is 27.1. The van der Waals surface area contributed by atoms with Crippen molar-refractivity contribution in [3.63, 3.8) is 0 Å². The highest BCUT2D eigenvalue weighted by Gasteiger charge is 2.15. The summed E-state index contributed by atoms with van der Waals surface area (Å²) in [5.74, 6) is 0.274. The summed E-state index contributed by atoms with van der Waals surface area (Å²) in [5.41, 5.74) is 2.75. The zero-order chi connectivity index (χ0) is 22.8. The second-order valence-corrected chi connectivity index (χ2v) is 9.14. The molecule has 0 spiro atoms. The zero-order valence-electron chi connectivity index (χ0n) is 18.1. The van der Waals surface area contributed by atoms with Gasteiger partial charge in [-0.05, 0) is 34.0 Å². The topological polar surface area (TPSA) is 37.4 Å². The highest BCUT2D eigenvalue weighted by molar-refractivity contribution is 7.12. The lowest BCUT2D eigenvalue weighted by Crippen LogP contribution is -2.08. The molecule has 5 heteroatoms. The maximum Gasteiger partial charge on any atom is 0.205 e. The largest absolute Gasteiger partial charge is 0.383 e. The summed E-state index contributed by atoms with van der Waals surface area (Å²) >= 11 is 2.97. The predicted molar refractivity (Wildman–Crippen MR) is 136 cm³/mol. The second kappa shape index (κ2) is 11.9. The number of carbonyl (C=O) groups excluding carboxylic acids is 2. The summed E-state index contributed by atoms with van der Waals surface area (Å²) in [5, 5.41) is 3.85. The number of ketones is 2. The molecule has 3 nitrogen and oxygen atoms in total. The maximum absolute atomic E-state index is 12.5. The van der Waals surface area contributed by atoms with Crippen LogP contribution in [0.4, 0.5) is 0 Å². The number of hydrogen-bond donors (Lipinski definition) is 0. The van der Waals surface area contributed by atoms with E-state index in [-0.39, 0.29) is 11.6 Å². The molecule has 0 N–H and O–H groups in total. The van der Waals surface area contributed by atoms with Crippen LogP contribution >= 0.6 is 22.7 Å². The Hall–Kier alpha value is -3.28. The van der Waals surface area contributed by atoms with Gasteiger partial charge in [-0.3, -0.25) is 9.59 Å². The molecule has 0 unspecified atom stereocenters. The van der Waals surface area contributed by atoms with Crippen molar-refractivity contribution in [3.05, 3.63) is 123 Å². The quantitative estimate of drug-likeness (QED) is 0.228. The predicted octanol–water partition coefficient (Wildman–Crippen LogP) is 6.71.